The molecule has 172 valence electrons. The van der Waals surface area contributed by atoms with Crippen LogP contribution < -0.4 is 4.74 Å². The lowest BCUT2D eigenvalue weighted by molar-refractivity contribution is -0.147. The molecule has 0 aromatic heterocycles. The first-order valence-corrected chi connectivity index (χ1v) is 11.1. The number of carbonyl (C=O) groups is 3. The topological polar surface area (TPSA) is 91.8 Å². The minimum atomic E-state index is -0.143. The van der Waals surface area contributed by atoms with E-state index in [1.54, 1.807) is 11.9 Å². The fraction of sp³-hybridized carbons (Fsp3) is 0.565. The number of fused-ring (bicyclic) bond motifs is 1. The third-order valence-corrected chi connectivity index (χ3v) is 6.37. The summed E-state index contributed by atoms with van der Waals surface area (Å²) in [5.41, 5.74) is 2.54. The summed E-state index contributed by atoms with van der Waals surface area (Å²) in [5.74, 6) is 0.455. The van der Waals surface area contributed by atoms with Crippen molar-refractivity contribution in [2.45, 2.75) is 38.8 Å². The average Bonchev–Trinajstić information content (AvgIpc) is 3.02. The minimum absolute atomic E-state index is 0.00620. The lowest BCUT2D eigenvalue weighted by Gasteiger charge is -2.30. The van der Waals surface area contributed by atoms with Gasteiger partial charge in [-0.15, -0.1) is 0 Å². The number of amides is 2. The van der Waals surface area contributed by atoms with Gasteiger partial charge in [0.25, 0.3) is 5.91 Å². The SMILES string of the molecule is COC(=O)C1CCN(Cc2ccc3c(c2)CN(C(=O)C2=NN(C)C(=O)CC2)CCO3)CC1. The van der Waals surface area contributed by atoms with E-state index in [1.165, 1.54) is 12.1 Å². The van der Waals surface area contributed by atoms with Crippen LogP contribution in [0.25, 0.3) is 0 Å². The van der Waals surface area contributed by atoms with Crippen molar-refractivity contribution >= 4 is 23.5 Å². The van der Waals surface area contributed by atoms with Crippen LogP contribution in [-0.2, 0) is 32.2 Å². The van der Waals surface area contributed by atoms with E-state index < -0.39 is 0 Å². The molecule has 0 aliphatic carbocycles. The van der Waals surface area contributed by atoms with Gasteiger partial charge in [-0.25, -0.2) is 5.01 Å². The maximum atomic E-state index is 13.0. The molecule has 32 heavy (non-hydrogen) atoms. The smallest absolute Gasteiger partial charge is 0.308 e. The van der Waals surface area contributed by atoms with Crippen molar-refractivity contribution in [3.05, 3.63) is 29.3 Å². The number of esters is 1. The van der Waals surface area contributed by atoms with Crippen molar-refractivity contribution in [1.29, 1.82) is 0 Å². The quantitative estimate of drug-likeness (QED) is 0.655. The molecule has 3 aliphatic rings. The van der Waals surface area contributed by atoms with Crippen LogP contribution in [0.1, 0.15) is 36.8 Å². The zero-order valence-electron chi connectivity index (χ0n) is 18.7. The van der Waals surface area contributed by atoms with Crippen molar-refractivity contribution in [2.24, 2.45) is 11.0 Å². The molecule has 0 radical (unpaired) electrons. The number of hydrazone groups is 1. The lowest BCUT2D eigenvalue weighted by Crippen LogP contribution is -2.41. The third-order valence-electron chi connectivity index (χ3n) is 6.37. The van der Waals surface area contributed by atoms with Gasteiger partial charge < -0.3 is 14.4 Å². The van der Waals surface area contributed by atoms with Gasteiger partial charge in [0.15, 0.2) is 0 Å². The summed E-state index contributed by atoms with van der Waals surface area (Å²) in [4.78, 5) is 40.5. The number of carbonyl (C=O) groups excluding carboxylic acids is 3. The summed E-state index contributed by atoms with van der Waals surface area (Å²) < 4.78 is 10.8. The van der Waals surface area contributed by atoms with Crippen LogP contribution in [0.4, 0.5) is 0 Å². The Bertz CT molecular complexity index is 923. The van der Waals surface area contributed by atoms with Crippen LogP contribution in [0, 0.1) is 5.92 Å². The number of hydrogen-bond donors (Lipinski definition) is 0. The van der Waals surface area contributed by atoms with E-state index in [1.807, 2.05) is 6.07 Å². The molecule has 1 aromatic rings. The maximum absolute atomic E-state index is 13.0. The van der Waals surface area contributed by atoms with E-state index in [0.717, 1.165) is 49.4 Å². The van der Waals surface area contributed by atoms with E-state index in [-0.39, 0.29) is 23.7 Å². The Hall–Kier alpha value is -2.94. The molecule has 4 rings (SSSR count). The molecule has 1 saturated heterocycles. The summed E-state index contributed by atoms with van der Waals surface area (Å²) in [6.07, 6.45) is 2.29. The van der Waals surface area contributed by atoms with Gasteiger partial charge in [-0.05, 0) is 43.6 Å². The van der Waals surface area contributed by atoms with Gasteiger partial charge in [0.2, 0.25) is 5.91 Å². The van der Waals surface area contributed by atoms with E-state index in [2.05, 4.69) is 22.1 Å². The van der Waals surface area contributed by atoms with Crippen LogP contribution in [0.5, 0.6) is 5.75 Å². The van der Waals surface area contributed by atoms with Gasteiger partial charge in [0.05, 0.1) is 19.6 Å². The van der Waals surface area contributed by atoms with Crippen LogP contribution in [0.3, 0.4) is 0 Å². The standard InChI is InChI=1S/C23H30N4O5/c1-25-21(28)6-4-19(24-25)22(29)27-11-12-32-20-5-3-16(13-18(20)15-27)14-26-9-7-17(8-10-26)23(30)31-2/h3,5,13,17H,4,6-12,14-15H2,1-2H3. The first-order valence-electron chi connectivity index (χ1n) is 11.1. The summed E-state index contributed by atoms with van der Waals surface area (Å²) in [5, 5.41) is 5.42. The Morgan fingerprint density at radius 3 is 2.69 bits per heavy atom. The average molecular weight is 443 g/mol. The van der Waals surface area contributed by atoms with Crippen LogP contribution in [-0.4, -0.2) is 78.7 Å². The minimum Gasteiger partial charge on any atom is -0.491 e. The van der Waals surface area contributed by atoms with Crippen molar-refractivity contribution < 1.29 is 23.9 Å². The highest BCUT2D eigenvalue weighted by molar-refractivity contribution is 6.39. The summed E-state index contributed by atoms with van der Waals surface area (Å²) in [7, 11) is 3.02. The van der Waals surface area contributed by atoms with Crippen molar-refractivity contribution in [3.63, 3.8) is 0 Å². The van der Waals surface area contributed by atoms with Crippen LogP contribution in [0.2, 0.25) is 0 Å². The molecular weight excluding hydrogens is 412 g/mol. The first-order chi connectivity index (χ1) is 15.4. The zero-order chi connectivity index (χ0) is 22.7. The molecule has 1 aromatic carbocycles. The molecule has 0 spiro atoms. The number of benzene rings is 1. The molecule has 3 heterocycles. The Kier molecular flexibility index (Phi) is 6.74. The number of piperidine rings is 1. The Morgan fingerprint density at radius 1 is 1.19 bits per heavy atom. The van der Waals surface area contributed by atoms with Gasteiger partial charge in [-0.3, -0.25) is 19.3 Å². The second kappa shape index (κ2) is 9.68. The Morgan fingerprint density at radius 2 is 1.97 bits per heavy atom. The summed E-state index contributed by atoms with van der Waals surface area (Å²) in [6.45, 7) is 3.83. The normalized spacial score (nSPS) is 20.2. The zero-order valence-corrected chi connectivity index (χ0v) is 18.7. The number of methoxy groups -OCH3 is 1. The fourth-order valence-electron chi connectivity index (χ4n) is 4.48. The molecule has 0 atom stereocenters. The molecule has 0 saturated carbocycles. The van der Waals surface area contributed by atoms with Gasteiger partial charge in [-0.1, -0.05) is 6.07 Å². The highest BCUT2D eigenvalue weighted by Gasteiger charge is 2.29. The van der Waals surface area contributed by atoms with Gasteiger partial charge in [-0.2, -0.15) is 5.10 Å². The number of hydrogen-bond acceptors (Lipinski definition) is 7. The Balaban J connectivity index is 1.41. The molecule has 0 bridgehead atoms. The molecule has 9 nitrogen and oxygen atoms in total. The van der Waals surface area contributed by atoms with E-state index >= 15 is 0 Å². The summed E-state index contributed by atoms with van der Waals surface area (Å²) in [6, 6.07) is 6.14. The predicted octanol–water partition coefficient (Wildman–Crippen LogP) is 1.40. The van der Waals surface area contributed by atoms with Gasteiger partial charge in [0, 0.05) is 38.5 Å². The number of likely N-dealkylation sites (tertiary alicyclic amines) is 1. The second-order valence-corrected chi connectivity index (χ2v) is 8.55. The number of nitrogens with zero attached hydrogens (tertiary/aromatic N) is 4. The van der Waals surface area contributed by atoms with Crippen molar-refractivity contribution in [1.82, 2.24) is 14.8 Å². The van der Waals surface area contributed by atoms with Gasteiger partial charge >= 0.3 is 5.97 Å². The highest BCUT2D eigenvalue weighted by atomic mass is 16.5. The maximum Gasteiger partial charge on any atom is 0.308 e. The highest BCUT2D eigenvalue weighted by Crippen LogP contribution is 2.27. The van der Waals surface area contributed by atoms with Crippen LogP contribution >= 0.6 is 0 Å². The summed E-state index contributed by atoms with van der Waals surface area (Å²) >= 11 is 0. The molecule has 0 unspecified atom stereocenters. The Labute approximate surface area is 187 Å². The van der Waals surface area contributed by atoms with Gasteiger partial charge in [0.1, 0.15) is 18.1 Å². The van der Waals surface area contributed by atoms with Crippen LogP contribution in [0.15, 0.2) is 23.3 Å². The molecule has 3 aliphatic heterocycles. The largest absolute Gasteiger partial charge is 0.491 e. The molecule has 1 fully saturated rings. The van der Waals surface area contributed by atoms with E-state index in [4.69, 9.17) is 9.47 Å². The monoisotopic (exact) mass is 442 g/mol. The second-order valence-electron chi connectivity index (χ2n) is 8.55. The van der Waals surface area contributed by atoms with Crippen molar-refractivity contribution in [2.75, 3.05) is 40.4 Å². The molecular formula is C23H30N4O5. The first kappa shape index (κ1) is 22.3. The predicted molar refractivity (Wildman–Crippen MR) is 117 cm³/mol. The van der Waals surface area contributed by atoms with E-state index in [0.29, 0.717) is 38.2 Å². The van der Waals surface area contributed by atoms with Crippen molar-refractivity contribution in [3.8, 4) is 5.75 Å². The number of ether oxygens (including phenoxy) is 2. The molecule has 9 heteroatoms. The fourth-order valence-corrected chi connectivity index (χ4v) is 4.48. The third kappa shape index (κ3) is 4.93. The number of rotatable bonds is 4. The molecule has 2 amide bonds. The lowest BCUT2D eigenvalue weighted by atomic mass is 9.96. The molecule has 0 N–H and O–H groups in total. The van der Waals surface area contributed by atoms with E-state index in [9.17, 15) is 14.4 Å².